The van der Waals surface area contributed by atoms with Gasteiger partial charge in [0.25, 0.3) is 0 Å². The van der Waals surface area contributed by atoms with Crippen LogP contribution in [0, 0.1) is 5.82 Å². The van der Waals surface area contributed by atoms with Crippen LogP contribution in [0.4, 0.5) is 4.39 Å². The number of benzene rings is 1. The second kappa shape index (κ2) is 3.70. The van der Waals surface area contributed by atoms with Crippen molar-refractivity contribution in [2.24, 2.45) is 0 Å². The maximum Gasteiger partial charge on any atom is 0.141 e. The summed E-state index contributed by atoms with van der Waals surface area (Å²) in [7, 11) is 0. The molecule has 12 heavy (non-hydrogen) atoms. The van der Waals surface area contributed by atoms with Gasteiger partial charge in [-0.3, -0.25) is 0 Å². The third-order valence-electron chi connectivity index (χ3n) is 1.51. The fourth-order valence-electron chi connectivity index (χ4n) is 0.832. The topological polar surface area (TPSA) is 20.2 Å². The van der Waals surface area contributed by atoms with Gasteiger partial charge in [0.15, 0.2) is 0 Å². The molecule has 0 aromatic heterocycles. The van der Waals surface area contributed by atoms with Crippen LogP contribution in [0.3, 0.4) is 0 Å². The first kappa shape index (κ1) is 9.23. The molecule has 1 rings (SSSR count). The van der Waals surface area contributed by atoms with Crippen molar-refractivity contribution in [1.29, 1.82) is 0 Å². The number of aliphatic hydroxyl groups excluding tert-OH is 1. The molecule has 3 heteroatoms. The summed E-state index contributed by atoms with van der Waals surface area (Å²) >= 11 is 5.49. The number of aliphatic hydroxyl groups is 1. The Hall–Kier alpha value is -0.860. The Morgan fingerprint density at radius 1 is 1.58 bits per heavy atom. The molecule has 64 valence electrons. The Bertz CT molecular complexity index is 299. The first-order chi connectivity index (χ1) is 5.65. The molecular formula is C9H8ClFO. The van der Waals surface area contributed by atoms with Crippen molar-refractivity contribution >= 4 is 11.6 Å². The zero-order chi connectivity index (χ0) is 9.14. The van der Waals surface area contributed by atoms with Gasteiger partial charge in [0.2, 0.25) is 0 Å². The molecule has 0 fully saturated rings. The normalized spacial score (nSPS) is 12.6. The van der Waals surface area contributed by atoms with Crippen LogP contribution < -0.4 is 0 Å². The minimum Gasteiger partial charge on any atom is -0.384 e. The summed E-state index contributed by atoms with van der Waals surface area (Å²) in [6, 6.07) is 4.06. The molecule has 1 nitrogen and oxygen atoms in total. The molecule has 1 aromatic carbocycles. The molecule has 0 bridgehead atoms. The molecule has 0 aliphatic heterocycles. The van der Waals surface area contributed by atoms with Crippen molar-refractivity contribution < 1.29 is 9.50 Å². The smallest absolute Gasteiger partial charge is 0.141 e. The molecule has 0 aliphatic carbocycles. The van der Waals surface area contributed by atoms with E-state index in [0.29, 0.717) is 5.56 Å². The van der Waals surface area contributed by atoms with E-state index in [4.69, 9.17) is 11.6 Å². The molecule has 1 atom stereocenters. The highest BCUT2D eigenvalue weighted by Crippen LogP contribution is 2.20. The summed E-state index contributed by atoms with van der Waals surface area (Å²) in [5, 5.41) is 9.25. The minimum atomic E-state index is -0.789. The maximum atomic E-state index is 12.6. The Morgan fingerprint density at radius 3 is 2.75 bits per heavy atom. The molecular weight excluding hydrogens is 179 g/mol. The van der Waals surface area contributed by atoms with E-state index in [1.807, 2.05) is 0 Å². The highest BCUT2D eigenvalue weighted by atomic mass is 35.5. The zero-order valence-corrected chi connectivity index (χ0v) is 7.05. The monoisotopic (exact) mass is 186 g/mol. The maximum absolute atomic E-state index is 12.6. The van der Waals surface area contributed by atoms with Gasteiger partial charge in [-0.1, -0.05) is 23.7 Å². The van der Waals surface area contributed by atoms with E-state index < -0.39 is 11.9 Å². The van der Waals surface area contributed by atoms with E-state index in [2.05, 4.69) is 6.58 Å². The summed E-state index contributed by atoms with van der Waals surface area (Å²) in [6.07, 6.45) is 0.562. The van der Waals surface area contributed by atoms with Crippen LogP contribution in [-0.4, -0.2) is 5.11 Å². The van der Waals surface area contributed by atoms with Gasteiger partial charge >= 0.3 is 0 Å². The highest BCUT2D eigenvalue weighted by molar-refractivity contribution is 6.30. The van der Waals surface area contributed by atoms with Crippen LogP contribution >= 0.6 is 11.6 Å². The molecule has 1 N–H and O–H groups in total. The fraction of sp³-hybridized carbons (Fsp3) is 0.111. The molecule has 0 amide bonds. The third-order valence-corrected chi connectivity index (χ3v) is 1.80. The van der Waals surface area contributed by atoms with E-state index in [0.717, 1.165) is 0 Å². The Labute approximate surface area is 75.1 Å². The average molecular weight is 187 g/mol. The van der Waals surface area contributed by atoms with E-state index in [1.165, 1.54) is 24.3 Å². The third kappa shape index (κ3) is 1.84. The molecule has 0 aliphatic rings. The summed E-state index contributed by atoms with van der Waals surface area (Å²) in [5.74, 6) is -0.489. The Morgan fingerprint density at radius 2 is 2.25 bits per heavy atom. The van der Waals surface area contributed by atoms with Gasteiger partial charge in [-0.2, -0.15) is 0 Å². The van der Waals surface area contributed by atoms with Crippen LogP contribution in [-0.2, 0) is 0 Å². The summed E-state index contributed by atoms with van der Waals surface area (Å²) < 4.78 is 12.6. The SMILES string of the molecule is C=CC(O)c1ccc(F)c(Cl)c1. The highest BCUT2D eigenvalue weighted by Gasteiger charge is 2.05. The number of hydrogen-bond acceptors (Lipinski definition) is 1. The van der Waals surface area contributed by atoms with Crippen molar-refractivity contribution in [2.75, 3.05) is 0 Å². The molecule has 1 unspecified atom stereocenters. The van der Waals surface area contributed by atoms with Gasteiger partial charge in [-0.05, 0) is 17.7 Å². The molecule has 0 spiro atoms. The lowest BCUT2D eigenvalue weighted by Gasteiger charge is -2.05. The molecule has 0 radical (unpaired) electrons. The van der Waals surface area contributed by atoms with Gasteiger partial charge < -0.3 is 5.11 Å². The van der Waals surface area contributed by atoms with Crippen molar-refractivity contribution in [3.8, 4) is 0 Å². The van der Waals surface area contributed by atoms with Gasteiger partial charge in [0, 0.05) is 0 Å². The van der Waals surface area contributed by atoms with Gasteiger partial charge in [0.05, 0.1) is 11.1 Å². The second-order valence-corrected chi connectivity index (χ2v) is 2.76. The predicted molar refractivity (Wildman–Crippen MR) is 46.6 cm³/mol. The lowest BCUT2D eigenvalue weighted by atomic mass is 10.1. The van der Waals surface area contributed by atoms with Gasteiger partial charge in [-0.15, -0.1) is 6.58 Å². The van der Waals surface area contributed by atoms with Crippen LogP contribution in [0.25, 0.3) is 0 Å². The van der Waals surface area contributed by atoms with E-state index in [9.17, 15) is 9.50 Å². The summed E-state index contributed by atoms with van der Waals surface area (Å²) in [6.45, 7) is 3.40. The zero-order valence-electron chi connectivity index (χ0n) is 6.30. The first-order valence-corrected chi connectivity index (χ1v) is 3.78. The Kier molecular flexibility index (Phi) is 2.84. The second-order valence-electron chi connectivity index (χ2n) is 2.35. The lowest BCUT2D eigenvalue weighted by molar-refractivity contribution is 0.229. The number of halogens is 2. The Balaban J connectivity index is 3.04. The van der Waals surface area contributed by atoms with Gasteiger partial charge in [-0.25, -0.2) is 4.39 Å². The van der Waals surface area contributed by atoms with Gasteiger partial charge in [0.1, 0.15) is 5.82 Å². The van der Waals surface area contributed by atoms with E-state index in [1.54, 1.807) is 0 Å². The van der Waals surface area contributed by atoms with Crippen molar-refractivity contribution in [3.63, 3.8) is 0 Å². The standard InChI is InChI=1S/C9H8ClFO/c1-2-9(12)6-3-4-8(11)7(10)5-6/h2-5,9,12H,1H2. The van der Waals surface area contributed by atoms with Crippen molar-refractivity contribution in [1.82, 2.24) is 0 Å². The molecule has 0 saturated carbocycles. The number of rotatable bonds is 2. The minimum absolute atomic E-state index is 0.00778. The van der Waals surface area contributed by atoms with Crippen LogP contribution in [0.5, 0.6) is 0 Å². The van der Waals surface area contributed by atoms with Crippen molar-refractivity contribution in [3.05, 3.63) is 47.3 Å². The molecule has 1 aromatic rings. The van der Waals surface area contributed by atoms with E-state index in [-0.39, 0.29) is 5.02 Å². The largest absolute Gasteiger partial charge is 0.384 e. The quantitative estimate of drug-likeness (QED) is 0.705. The predicted octanol–water partition coefficient (Wildman–Crippen LogP) is 2.70. The molecule has 0 heterocycles. The lowest BCUT2D eigenvalue weighted by Crippen LogP contribution is -1.92. The summed E-state index contributed by atoms with van der Waals surface area (Å²) in [5.41, 5.74) is 0.538. The van der Waals surface area contributed by atoms with E-state index >= 15 is 0 Å². The van der Waals surface area contributed by atoms with Crippen LogP contribution in [0.15, 0.2) is 30.9 Å². The van der Waals surface area contributed by atoms with Crippen LogP contribution in [0.1, 0.15) is 11.7 Å². The molecule has 0 saturated heterocycles. The first-order valence-electron chi connectivity index (χ1n) is 3.40. The van der Waals surface area contributed by atoms with Crippen LogP contribution in [0.2, 0.25) is 5.02 Å². The fourth-order valence-corrected chi connectivity index (χ4v) is 1.02. The average Bonchev–Trinajstić information content (AvgIpc) is 2.08. The summed E-state index contributed by atoms with van der Waals surface area (Å²) in [4.78, 5) is 0. The number of hydrogen-bond donors (Lipinski definition) is 1. The van der Waals surface area contributed by atoms with Crippen molar-refractivity contribution in [2.45, 2.75) is 6.10 Å².